The lowest BCUT2D eigenvalue weighted by molar-refractivity contribution is -0.115. The number of aliphatic hydroxyl groups excluding tert-OH is 1. The average Bonchev–Trinajstić information content (AvgIpc) is 3.26. The van der Waals surface area contributed by atoms with Gasteiger partial charge in [-0.05, 0) is 60.6 Å². The topological polar surface area (TPSA) is 97.2 Å². The molecule has 8 heteroatoms. The summed E-state index contributed by atoms with van der Waals surface area (Å²) < 4.78 is 11.1. The molecule has 2 aromatic rings. The van der Waals surface area contributed by atoms with Crippen LogP contribution in [-0.4, -0.2) is 42.8 Å². The highest BCUT2D eigenvalue weighted by molar-refractivity contribution is 7.14. The molecule has 0 saturated heterocycles. The number of aliphatic imine (C=N–C) groups is 1. The van der Waals surface area contributed by atoms with Crippen LogP contribution in [0.15, 0.2) is 34.6 Å². The van der Waals surface area contributed by atoms with Crippen molar-refractivity contribution in [1.82, 2.24) is 5.32 Å². The standard InChI is InChI=1S/C25H30N2O5S/c1-31-20-4-2-3-18(9-20)11-26-24(30)21-10-22(29)23-19(15-33-25(23)27-21)14-32-13-17-7-5-16(12-28)6-8-17/h2-4,9,15-17,28H,5-8,10-14H2,1H3,(H,26,30). The van der Waals surface area contributed by atoms with E-state index in [4.69, 9.17) is 9.47 Å². The Morgan fingerprint density at radius 1 is 1.24 bits per heavy atom. The number of rotatable bonds is 9. The number of hydrogen-bond donors (Lipinski definition) is 2. The van der Waals surface area contributed by atoms with Crippen LogP contribution < -0.4 is 10.1 Å². The van der Waals surface area contributed by atoms with Crippen molar-refractivity contribution in [2.24, 2.45) is 16.8 Å². The number of carbonyl (C=O) groups is 2. The van der Waals surface area contributed by atoms with Gasteiger partial charge in [0.2, 0.25) is 0 Å². The third kappa shape index (κ3) is 5.88. The van der Waals surface area contributed by atoms with E-state index in [1.165, 1.54) is 11.3 Å². The number of amides is 1. The van der Waals surface area contributed by atoms with Crippen molar-refractivity contribution in [1.29, 1.82) is 0 Å². The lowest BCUT2D eigenvalue weighted by Gasteiger charge is -2.27. The van der Waals surface area contributed by atoms with E-state index in [1.54, 1.807) is 7.11 Å². The summed E-state index contributed by atoms with van der Waals surface area (Å²) >= 11 is 1.37. The number of hydrogen-bond acceptors (Lipinski definition) is 7. The Hall–Kier alpha value is -2.55. The van der Waals surface area contributed by atoms with Gasteiger partial charge in [0.15, 0.2) is 5.78 Å². The molecule has 0 bridgehead atoms. The first-order valence-corrected chi connectivity index (χ1v) is 12.3. The summed E-state index contributed by atoms with van der Waals surface area (Å²) in [4.78, 5) is 29.9. The molecule has 1 saturated carbocycles. The summed E-state index contributed by atoms with van der Waals surface area (Å²) in [6.07, 6.45) is 4.24. The van der Waals surface area contributed by atoms with Crippen molar-refractivity contribution >= 4 is 33.7 Å². The minimum Gasteiger partial charge on any atom is -0.497 e. The van der Waals surface area contributed by atoms with Crippen LogP contribution in [0.4, 0.5) is 5.00 Å². The van der Waals surface area contributed by atoms with E-state index in [0.717, 1.165) is 42.6 Å². The Labute approximate surface area is 197 Å². The van der Waals surface area contributed by atoms with Crippen LogP contribution in [0.2, 0.25) is 0 Å². The molecule has 1 aliphatic heterocycles. The van der Waals surface area contributed by atoms with Crippen molar-refractivity contribution in [3.63, 3.8) is 0 Å². The number of fused-ring (bicyclic) bond motifs is 1. The summed E-state index contributed by atoms with van der Waals surface area (Å²) in [6, 6.07) is 7.47. The molecule has 176 valence electrons. The molecule has 4 rings (SSSR count). The number of benzene rings is 1. The van der Waals surface area contributed by atoms with E-state index in [-0.39, 0.29) is 30.4 Å². The summed E-state index contributed by atoms with van der Waals surface area (Å²) in [6.45, 7) is 1.65. The van der Waals surface area contributed by atoms with Gasteiger partial charge >= 0.3 is 0 Å². The number of Topliss-reactive ketones (excluding diaryl/α,β-unsaturated/α-hetero) is 1. The Bertz CT molecular complexity index is 1020. The van der Waals surface area contributed by atoms with Gasteiger partial charge in [-0.15, -0.1) is 11.3 Å². The van der Waals surface area contributed by atoms with Crippen LogP contribution in [0.25, 0.3) is 0 Å². The molecule has 33 heavy (non-hydrogen) atoms. The predicted molar refractivity (Wildman–Crippen MR) is 127 cm³/mol. The molecule has 7 nitrogen and oxygen atoms in total. The fourth-order valence-corrected chi connectivity index (χ4v) is 5.35. The Morgan fingerprint density at radius 2 is 2.03 bits per heavy atom. The van der Waals surface area contributed by atoms with Gasteiger partial charge in [-0.25, -0.2) is 4.99 Å². The molecule has 2 N–H and O–H groups in total. The van der Waals surface area contributed by atoms with E-state index >= 15 is 0 Å². The molecule has 0 atom stereocenters. The number of thiophene rings is 1. The summed E-state index contributed by atoms with van der Waals surface area (Å²) in [5.74, 6) is 1.25. The number of ketones is 1. The lowest BCUT2D eigenvalue weighted by atomic mass is 9.83. The summed E-state index contributed by atoms with van der Waals surface area (Å²) in [5.41, 5.74) is 2.59. The Balaban J connectivity index is 1.32. The number of ether oxygens (including phenoxy) is 2. The van der Waals surface area contributed by atoms with Crippen LogP contribution >= 0.6 is 11.3 Å². The molecule has 0 unspecified atom stereocenters. The SMILES string of the molecule is COc1cccc(CNC(=O)C2=Nc3scc(COCC4CCC(CO)CC4)c3C(=O)C2)c1. The normalized spacial score (nSPS) is 20.2. The van der Waals surface area contributed by atoms with Gasteiger partial charge in [-0.1, -0.05) is 12.1 Å². The number of carbonyl (C=O) groups excluding carboxylic acids is 2. The van der Waals surface area contributed by atoms with Crippen LogP contribution in [0.1, 0.15) is 53.6 Å². The van der Waals surface area contributed by atoms with Gasteiger partial charge in [0.25, 0.3) is 5.91 Å². The third-order valence-corrected chi connectivity index (χ3v) is 7.30. The fourth-order valence-electron chi connectivity index (χ4n) is 4.39. The fraction of sp³-hybridized carbons (Fsp3) is 0.480. The highest BCUT2D eigenvalue weighted by atomic mass is 32.1. The number of methoxy groups -OCH3 is 1. The highest BCUT2D eigenvalue weighted by Crippen LogP contribution is 2.36. The van der Waals surface area contributed by atoms with Crippen molar-refractivity contribution in [3.8, 4) is 5.75 Å². The zero-order chi connectivity index (χ0) is 23.2. The van der Waals surface area contributed by atoms with Crippen molar-refractivity contribution in [2.75, 3.05) is 20.3 Å². The molecule has 0 spiro atoms. The molecule has 1 aromatic carbocycles. The van der Waals surface area contributed by atoms with Crippen LogP contribution in [0.3, 0.4) is 0 Å². The van der Waals surface area contributed by atoms with E-state index in [0.29, 0.717) is 42.2 Å². The van der Waals surface area contributed by atoms with Crippen molar-refractivity contribution < 1.29 is 24.2 Å². The second-order valence-electron chi connectivity index (χ2n) is 8.72. The predicted octanol–water partition coefficient (Wildman–Crippen LogP) is 4.05. The van der Waals surface area contributed by atoms with E-state index < -0.39 is 0 Å². The molecule has 2 aliphatic rings. The van der Waals surface area contributed by atoms with Gasteiger partial charge in [-0.3, -0.25) is 9.59 Å². The second-order valence-corrected chi connectivity index (χ2v) is 9.58. The molecule has 0 radical (unpaired) electrons. The Morgan fingerprint density at radius 3 is 2.79 bits per heavy atom. The van der Waals surface area contributed by atoms with E-state index in [2.05, 4.69) is 10.3 Å². The van der Waals surface area contributed by atoms with Gasteiger partial charge in [-0.2, -0.15) is 0 Å². The Kier molecular flexibility index (Phi) is 7.90. The van der Waals surface area contributed by atoms with Crippen molar-refractivity contribution in [3.05, 3.63) is 46.3 Å². The summed E-state index contributed by atoms with van der Waals surface area (Å²) in [7, 11) is 1.60. The molecule has 1 fully saturated rings. The van der Waals surface area contributed by atoms with E-state index in [1.807, 2.05) is 29.6 Å². The minimum atomic E-state index is -0.332. The molecular weight excluding hydrogens is 440 g/mol. The first-order chi connectivity index (χ1) is 16.1. The van der Waals surface area contributed by atoms with Gasteiger partial charge in [0.1, 0.15) is 16.5 Å². The first kappa shape index (κ1) is 23.6. The zero-order valence-electron chi connectivity index (χ0n) is 18.8. The lowest BCUT2D eigenvalue weighted by Crippen LogP contribution is -2.33. The van der Waals surface area contributed by atoms with Crippen LogP contribution in [-0.2, 0) is 22.7 Å². The molecule has 1 aromatic heterocycles. The molecule has 1 amide bonds. The molecular formula is C25H30N2O5S. The first-order valence-electron chi connectivity index (χ1n) is 11.4. The summed E-state index contributed by atoms with van der Waals surface area (Å²) in [5, 5.41) is 14.6. The minimum absolute atomic E-state index is 0.00808. The quantitative estimate of drug-likeness (QED) is 0.576. The van der Waals surface area contributed by atoms with Gasteiger partial charge in [0.05, 0.1) is 25.7 Å². The van der Waals surface area contributed by atoms with Crippen LogP contribution in [0.5, 0.6) is 5.75 Å². The number of aliphatic hydroxyl groups is 1. The number of nitrogens with one attached hydrogen (secondary N) is 1. The maximum Gasteiger partial charge on any atom is 0.266 e. The third-order valence-electron chi connectivity index (χ3n) is 6.38. The number of nitrogens with zero attached hydrogens (tertiary/aromatic N) is 1. The monoisotopic (exact) mass is 470 g/mol. The van der Waals surface area contributed by atoms with Gasteiger partial charge in [0, 0.05) is 25.3 Å². The van der Waals surface area contributed by atoms with E-state index in [9.17, 15) is 14.7 Å². The van der Waals surface area contributed by atoms with Crippen molar-refractivity contribution in [2.45, 2.75) is 45.3 Å². The molecule has 1 aliphatic carbocycles. The zero-order valence-corrected chi connectivity index (χ0v) is 19.7. The molecule has 2 heterocycles. The highest BCUT2D eigenvalue weighted by Gasteiger charge is 2.28. The smallest absolute Gasteiger partial charge is 0.266 e. The second kappa shape index (κ2) is 11.0. The maximum absolute atomic E-state index is 12.8. The van der Waals surface area contributed by atoms with Gasteiger partial charge < -0.3 is 19.9 Å². The average molecular weight is 471 g/mol. The largest absolute Gasteiger partial charge is 0.497 e. The van der Waals surface area contributed by atoms with Crippen LogP contribution in [0, 0.1) is 11.8 Å². The maximum atomic E-state index is 12.8.